The summed E-state index contributed by atoms with van der Waals surface area (Å²) in [5, 5.41) is 6.20. The predicted molar refractivity (Wildman–Crippen MR) is 95.5 cm³/mol. The minimum absolute atomic E-state index is 0.167. The second-order valence-electron chi connectivity index (χ2n) is 6.99. The molecule has 0 aliphatic rings. The van der Waals surface area contributed by atoms with Crippen LogP contribution in [0.25, 0.3) is 32.4 Å². The monoisotopic (exact) mass is 285 g/mol. The summed E-state index contributed by atoms with van der Waals surface area (Å²) in [6, 6.07) is 19.6. The second kappa shape index (κ2) is 4.54. The number of aromatic nitrogens is 1. The summed E-state index contributed by atoms with van der Waals surface area (Å²) in [4.78, 5) is 4.73. The minimum Gasteiger partial charge on any atom is -0.255 e. The topological polar surface area (TPSA) is 12.9 Å². The molecule has 1 nitrogen and oxygen atoms in total. The van der Waals surface area contributed by atoms with Gasteiger partial charge in [0.15, 0.2) is 0 Å². The molecule has 0 spiro atoms. The number of pyridine rings is 1. The zero-order valence-electron chi connectivity index (χ0n) is 13.2. The van der Waals surface area contributed by atoms with E-state index in [2.05, 4.69) is 75.4 Å². The molecule has 22 heavy (non-hydrogen) atoms. The number of fused-ring (bicyclic) bond motifs is 5. The summed E-state index contributed by atoms with van der Waals surface area (Å²) in [5.74, 6) is 0. The van der Waals surface area contributed by atoms with Crippen molar-refractivity contribution in [3.63, 3.8) is 0 Å². The predicted octanol–water partition coefficient (Wildman–Crippen LogP) is 5.84. The molecule has 4 rings (SSSR count). The van der Waals surface area contributed by atoms with Gasteiger partial charge < -0.3 is 0 Å². The van der Waals surface area contributed by atoms with Gasteiger partial charge in [0.25, 0.3) is 0 Å². The van der Waals surface area contributed by atoms with Crippen molar-refractivity contribution in [3.8, 4) is 0 Å². The van der Waals surface area contributed by atoms with E-state index in [0.29, 0.717) is 0 Å². The summed E-state index contributed by atoms with van der Waals surface area (Å²) >= 11 is 0. The van der Waals surface area contributed by atoms with Gasteiger partial charge in [-0.3, -0.25) is 4.98 Å². The Hall–Kier alpha value is -2.41. The van der Waals surface area contributed by atoms with E-state index < -0.39 is 0 Å². The van der Waals surface area contributed by atoms with Gasteiger partial charge in [-0.15, -0.1) is 0 Å². The molecule has 0 radical (unpaired) electrons. The average Bonchev–Trinajstić information content (AvgIpc) is 2.52. The fraction of sp³-hybridized carbons (Fsp3) is 0.190. The SMILES string of the molecule is CC(C)(C)c1ccc2c(ccc3c4ccccc4cnc23)c1. The first kappa shape index (κ1) is 13.3. The molecule has 0 aliphatic carbocycles. The van der Waals surface area contributed by atoms with E-state index in [9.17, 15) is 0 Å². The zero-order valence-corrected chi connectivity index (χ0v) is 13.2. The Balaban J connectivity index is 2.09. The largest absolute Gasteiger partial charge is 0.255 e. The van der Waals surface area contributed by atoms with Crippen LogP contribution in [0.1, 0.15) is 26.3 Å². The molecule has 0 saturated carbocycles. The van der Waals surface area contributed by atoms with Gasteiger partial charge in [0.05, 0.1) is 5.52 Å². The van der Waals surface area contributed by atoms with E-state index >= 15 is 0 Å². The van der Waals surface area contributed by atoms with E-state index in [1.165, 1.54) is 32.5 Å². The quantitative estimate of drug-likeness (QED) is 0.370. The van der Waals surface area contributed by atoms with Gasteiger partial charge in [0.1, 0.15) is 0 Å². The number of hydrogen-bond acceptors (Lipinski definition) is 1. The third-order valence-electron chi connectivity index (χ3n) is 4.44. The van der Waals surface area contributed by atoms with Gasteiger partial charge in [0.2, 0.25) is 0 Å². The maximum absolute atomic E-state index is 4.73. The summed E-state index contributed by atoms with van der Waals surface area (Å²) < 4.78 is 0. The molecule has 0 unspecified atom stereocenters. The zero-order chi connectivity index (χ0) is 15.3. The van der Waals surface area contributed by atoms with Gasteiger partial charge in [-0.1, -0.05) is 75.4 Å². The Labute approximate surface area is 130 Å². The van der Waals surface area contributed by atoms with Crippen LogP contribution in [0, 0.1) is 0 Å². The van der Waals surface area contributed by atoms with E-state index in [4.69, 9.17) is 4.98 Å². The van der Waals surface area contributed by atoms with Gasteiger partial charge in [0, 0.05) is 22.4 Å². The van der Waals surface area contributed by atoms with E-state index in [1.807, 2.05) is 6.20 Å². The maximum atomic E-state index is 4.73. The third-order valence-corrected chi connectivity index (χ3v) is 4.44. The summed E-state index contributed by atoms with van der Waals surface area (Å²) in [5.41, 5.74) is 2.62. The lowest BCUT2D eigenvalue weighted by molar-refractivity contribution is 0.591. The van der Waals surface area contributed by atoms with Crippen molar-refractivity contribution in [2.24, 2.45) is 0 Å². The number of rotatable bonds is 0. The highest BCUT2D eigenvalue weighted by atomic mass is 14.7. The van der Waals surface area contributed by atoms with Crippen LogP contribution in [0.3, 0.4) is 0 Å². The number of benzene rings is 3. The summed E-state index contributed by atoms with van der Waals surface area (Å²) in [7, 11) is 0. The molecule has 1 aromatic heterocycles. The van der Waals surface area contributed by atoms with Crippen LogP contribution in [0.4, 0.5) is 0 Å². The van der Waals surface area contributed by atoms with Crippen molar-refractivity contribution in [1.29, 1.82) is 0 Å². The molecule has 0 atom stereocenters. The Morgan fingerprint density at radius 1 is 0.727 bits per heavy atom. The molecule has 0 saturated heterocycles. The van der Waals surface area contributed by atoms with Crippen LogP contribution in [-0.4, -0.2) is 4.98 Å². The van der Waals surface area contributed by atoms with Gasteiger partial charge in [-0.05, 0) is 21.8 Å². The Morgan fingerprint density at radius 2 is 1.50 bits per heavy atom. The van der Waals surface area contributed by atoms with Crippen molar-refractivity contribution in [2.45, 2.75) is 26.2 Å². The van der Waals surface area contributed by atoms with Crippen LogP contribution < -0.4 is 0 Å². The lowest BCUT2D eigenvalue weighted by Crippen LogP contribution is -2.10. The number of hydrogen-bond donors (Lipinski definition) is 0. The highest BCUT2D eigenvalue weighted by molar-refractivity contribution is 6.14. The van der Waals surface area contributed by atoms with Crippen molar-refractivity contribution < 1.29 is 0 Å². The molecule has 0 bridgehead atoms. The van der Waals surface area contributed by atoms with Crippen molar-refractivity contribution in [3.05, 3.63) is 66.4 Å². The maximum Gasteiger partial charge on any atom is 0.0786 e. The van der Waals surface area contributed by atoms with Crippen LogP contribution >= 0.6 is 0 Å². The molecular weight excluding hydrogens is 266 g/mol. The fourth-order valence-corrected chi connectivity index (χ4v) is 3.13. The van der Waals surface area contributed by atoms with Crippen LogP contribution in [0.2, 0.25) is 0 Å². The first-order valence-corrected chi connectivity index (χ1v) is 7.75. The molecular formula is C21H19N. The molecule has 1 heteroatoms. The van der Waals surface area contributed by atoms with E-state index in [0.717, 1.165) is 5.52 Å². The highest BCUT2D eigenvalue weighted by Crippen LogP contribution is 2.32. The average molecular weight is 285 g/mol. The van der Waals surface area contributed by atoms with Crippen molar-refractivity contribution >= 4 is 32.4 Å². The Bertz CT molecular complexity index is 1010. The Morgan fingerprint density at radius 3 is 2.32 bits per heavy atom. The van der Waals surface area contributed by atoms with Crippen molar-refractivity contribution in [1.82, 2.24) is 4.98 Å². The van der Waals surface area contributed by atoms with Crippen LogP contribution in [0.5, 0.6) is 0 Å². The van der Waals surface area contributed by atoms with Gasteiger partial charge in [-0.25, -0.2) is 0 Å². The van der Waals surface area contributed by atoms with E-state index in [-0.39, 0.29) is 5.41 Å². The summed E-state index contributed by atoms with van der Waals surface area (Å²) in [6.07, 6.45) is 1.98. The lowest BCUT2D eigenvalue weighted by atomic mass is 9.85. The highest BCUT2D eigenvalue weighted by Gasteiger charge is 2.14. The van der Waals surface area contributed by atoms with E-state index in [1.54, 1.807) is 0 Å². The first-order chi connectivity index (χ1) is 10.5. The molecule has 0 amide bonds. The van der Waals surface area contributed by atoms with Crippen molar-refractivity contribution in [2.75, 3.05) is 0 Å². The first-order valence-electron chi connectivity index (χ1n) is 7.75. The molecule has 0 fully saturated rings. The molecule has 4 aromatic rings. The van der Waals surface area contributed by atoms with Crippen LogP contribution in [-0.2, 0) is 5.41 Å². The lowest BCUT2D eigenvalue weighted by Gasteiger charge is -2.19. The molecule has 0 aliphatic heterocycles. The third kappa shape index (κ3) is 1.97. The smallest absolute Gasteiger partial charge is 0.0786 e. The molecule has 108 valence electrons. The Kier molecular flexibility index (Phi) is 2.74. The van der Waals surface area contributed by atoms with Gasteiger partial charge in [-0.2, -0.15) is 0 Å². The second-order valence-corrected chi connectivity index (χ2v) is 6.99. The molecule has 1 heterocycles. The number of nitrogens with zero attached hydrogens (tertiary/aromatic N) is 1. The summed E-state index contributed by atoms with van der Waals surface area (Å²) in [6.45, 7) is 6.75. The molecule has 0 N–H and O–H groups in total. The minimum atomic E-state index is 0.167. The van der Waals surface area contributed by atoms with Crippen LogP contribution in [0.15, 0.2) is 60.8 Å². The normalized spacial score (nSPS) is 12.3. The molecule has 3 aromatic carbocycles. The van der Waals surface area contributed by atoms with Gasteiger partial charge >= 0.3 is 0 Å². The standard InChI is InChI=1S/C21H19N/c1-21(2,3)16-9-11-18-14(12-16)8-10-19-17-7-5-4-6-15(17)13-22-20(18)19/h4-13H,1-3H3. The fourth-order valence-electron chi connectivity index (χ4n) is 3.13.